The molecule has 0 spiro atoms. The van der Waals surface area contributed by atoms with Crippen LogP contribution in [0.1, 0.15) is 22.9 Å². The van der Waals surface area contributed by atoms with Crippen molar-refractivity contribution in [1.29, 1.82) is 0 Å². The first-order chi connectivity index (χ1) is 7.58. The lowest BCUT2D eigenvalue weighted by atomic mass is 10.1. The first kappa shape index (κ1) is 12.2. The molecular formula is C10H12ClF2NOS. The number of nitrogens with one attached hydrogen (secondary N) is 1. The van der Waals surface area contributed by atoms with Crippen molar-refractivity contribution in [1.82, 2.24) is 5.32 Å². The van der Waals surface area contributed by atoms with Crippen molar-refractivity contribution < 1.29 is 13.9 Å². The van der Waals surface area contributed by atoms with E-state index in [1.807, 2.05) is 6.07 Å². The van der Waals surface area contributed by atoms with E-state index < -0.39 is 12.5 Å². The molecule has 0 amide bonds. The molecular weight excluding hydrogens is 256 g/mol. The minimum atomic E-state index is -2.69. The maximum absolute atomic E-state index is 12.1. The van der Waals surface area contributed by atoms with Gasteiger partial charge in [0.2, 0.25) is 0 Å². The number of hydrogen-bond acceptors (Lipinski definition) is 3. The molecule has 0 fully saturated rings. The van der Waals surface area contributed by atoms with Crippen LogP contribution in [-0.2, 0) is 6.42 Å². The van der Waals surface area contributed by atoms with Crippen molar-refractivity contribution in [2.45, 2.75) is 31.4 Å². The summed E-state index contributed by atoms with van der Waals surface area (Å²) in [6.45, 7) is -0.0881. The van der Waals surface area contributed by atoms with Gasteiger partial charge >= 0.3 is 0 Å². The van der Waals surface area contributed by atoms with Crippen LogP contribution < -0.4 is 5.32 Å². The molecule has 1 aliphatic carbocycles. The van der Waals surface area contributed by atoms with Crippen LogP contribution in [0.5, 0.6) is 0 Å². The highest BCUT2D eigenvalue weighted by Gasteiger charge is 2.26. The molecule has 0 saturated heterocycles. The highest BCUT2D eigenvalue weighted by atomic mass is 35.5. The van der Waals surface area contributed by atoms with Crippen molar-refractivity contribution in [3.05, 3.63) is 20.8 Å². The zero-order valence-corrected chi connectivity index (χ0v) is 9.99. The van der Waals surface area contributed by atoms with Crippen LogP contribution in [0.15, 0.2) is 6.07 Å². The Balaban J connectivity index is 1.93. The fourth-order valence-corrected chi connectivity index (χ4v) is 3.25. The highest BCUT2D eigenvalue weighted by Crippen LogP contribution is 2.39. The number of thiophene rings is 1. The Morgan fingerprint density at radius 2 is 2.38 bits per heavy atom. The zero-order chi connectivity index (χ0) is 11.7. The van der Waals surface area contributed by atoms with E-state index in [0.29, 0.717) is 0 Å². The summed E-state index contributed by atoms with van der Waals surface area (Å²) in [4.78, 5) is 1.22. The predicted molar refractivity (Wildman–Crippen MR) is 60.4 cm³/mol. The minimum absolute atomic E-state index is 0.0483. The van der Waals surface area contributed by atoms with E-state index in [9.17, 15) is 8.78 Å². The maximum atomic E-state index is 12.1. The van der Waals surface area contributed by atoms with E-state index in [4.69, 9.17) is 16.7 Å². The highest BCUT2D eigenvalue weighted by molar-refractivity contribution is 7.16. The average molecular weight is 268 g/mol. The van der Waals surface area contributed by atoms with Crippen LogP contribution in [0, 0.1) is 0 Å². The summed E-state index contributed by atoms with van der Waals surface area (Å²) in [5.74, 6) is 0. The van der Waals surface area contributed by atoms with Crippen molar-refractivity contribution in [3.8, 4) is 0 Å². The fraction of sp³-hybridized carbons (Fsp3) is 0.600. The van der Waals surface area contributed by atoms with Gasteiger partial charge in [0.15, 0.2) is 0 Å². The molecule has 1 aromatic rings. The van der Waals surface area contributed by atoms with E-state index in [2.05, 4.69) is 5.32 Å². The van der Waals surface area contributed by atoms with Crippen molar-refractivity contribution >= 4 is 22.9 Å². The molecule has 2 nitrogen and oxygen atoms in total. The third-order valence-corrected chi connectivity index (χ3v) is 4.05. The van der Waals surface area contributed by atoms with Crippen molar-refractivity contribution in [2.75, 3.05) is 6.54 Å². The Kier molecular flexibility index (Phi) is 3.79. The Labute approximate surface area is 101 Å². The predicted octanol–water partition coefficient (Wildman–Crippen LogP) is 2.60. The smallest absolute Gasteiger partial charge is 0.265 e. The van der Waals surface area contributed by atoms with Crippen molar-refractivity contribution in [2.24, 2.45) is 0 Å². The number of alkyl halides is 2. The van der Waals surface area contributed by atoms with Crippen LogP contribution in [0.3, 0.4) is 0 Å². The van der Waals surface area contributed by atoms with Crippen LogP contribution in [-0.4, -0.2) is 24.2 Å². The Morgan fingerprint density at radius 3 is 3.06 bits per heavy atom. The van der Waals surface area contributed by atoms with Gasteiger partial charge in [-0.2, -0.15) is 0 Å². The summed E-state index contributed by atoms with van der Waals surface area (Å²) in [7, 11) is 0. The molecule has 1 aromatic heterocycles. The maximum Gasteiger partial charge on any atom is 0.265 e. The summed E-state index contributed by atoms with van der Waals surface area (Å²) in [5, 5.41) is 12.0. The molecule has 0 aliphatic heterocycles. The van der Waals surface area contributed by atoms with E-state index in [-0.39, 0.29) is 12.6 Å². The molecule has 0 bridgehead atoms. The summed E-state index contributed by atoms with van der Waals surface area (Å²) in [6.07, 6.45) is -2.48. The second kappa shape index (κ2) is 4.96. The van der Waals surface area contributed by atoms with Crippen LogP contribution in [0.2, 0.25) is 4.34 Å². The number of aryl methyl sites for hydroxylation is 1. The molecule has 1 heterocycles. The van der Waals surface area contributed by atoms with Crippen molar-refractivity contribution in [3.63, 3.8) is 0 Å². The van der Waals surface area contributed by atoms with E-state index in [1.165, 1.54) is 16.2 Å². The minimum Gasteiger partial charge on any atom is -0.386 e. The average Bonchev–Trinajstić information content (AvgIpc) is 2.73. The summed E-state index contributed by atoms with van der Waals surface area (Å²) in [5.41, 5.74) is 1.09. The zero-order valence-electron chi connectivity index (χ0n) is 8.42. The number of rotatable bonds is 4. The lowest BCUT2D eigenvalue weighted by molar-refractivity contribution is -0.00462. The SMILES string of the molecule is OC(CNC1CCc2sc(Cl)cc21)C(F)F. The summed E-state index contributed by atoms with van der Waals surface area (Å²) in [6, 6.07) is 1.92. The largest absolute Gasteiger partial charge is 0.386 e. The number of aliphatic hydroxyl groups excluding tert-OH is 1. The van der Waals surface area contributed by atoms with E-state index in [0.717, 1.165) is 22.7 Å². The van der Waals surface area contributed by atoms with Gasteiger partial charge in [-0.05, 0) is 24.5 Å². The molecule has 2 rings (SSSR count). The molecule has 90 valence electrons. The summed E-state index contributed by atoms with van der Waals surface area (Å²) < 4.78 is 24.9. The van der Waals surface area contributed by atoms with Gasteiger partial charge in [0.1, 0.15) is 6.10 Å². The number of hydrogen-bond donors (Lipinski definition) is 2. The van der Waals surface area contributed by atoms with Crippen LogP contribution in [0.25, 0.3) is 0 Å². The Hall–Kier alpha value is -0.230. The standard InChI is InChI=1S/C10H12ClF2NOS/c11-9-3-5-6(1-2-8(5)16-9)14-4-7(15)10(12)13/h3,6-7,10,14-15H,1-2,4H2. The third-order valence-electron chi connectivity index (χ3n) is 2.71. The first-order valence-electron chi connectivity index (χ1n) is 5.05. The number of aliphatic hydroxyl groups is 1. The molecule has 6 heteroatoms. The second-order valence-corrected chi connectivity index (χ2v) is 5.60. The number of fused-ring (bicyclic) bond motifs is 1. The molecule has 1 aliphatic rings. The molecule has 2 unspecified atom stereocenters. The van der Waals surface area contributed by atoms with Gasteiger partial charge in [0.25, 0.3) is 6.43 Å². The third kappa shape index (κ3) is 2.53. The lowest BCUT2D eigenvalue weighted by Crippen LogP contribution is -2.33. The lowest BCUT2D eigenvalue weighted by Gasteiger charge is -2.16. The Bertz CT molecular complexity index is 372. The van der Waals surface area contributed by atoms with Gasteiger partial charge < -0.3 is 10.4 Å². The topological polar surface area (TPSA) is 32.3 Å². The molecule has 2 atom stereocenters. The molecule has 16 heavy (non-hydrogen) atoms. The molecule has 2 N–H and O–H groups in total. The molecule has 0 aromatic carbocycles. The number of halogens is 3. The quantitative estimate of drug-likeness (QED) is 0.879. The molecule has 0 radical (unpaired) electrons. The van der Waals surface area contributed by atoms with Gasteiger partial charge in [-0.25, -0.2) is 8.78 Å². The van der Waals surface area contributed by atoms with Crippen LogP contribution >= 0.6 is 22.9 Å². The Morgan fingerprint density at radius 1 is 1.62 bits per heavy atom. The van der Waals surface area contributed by atoms with Gasteiger partial charge in [-0.1, -0.05) is 11.6 Å². The molecule has 0 saturated carbocycles. The van der Waals surface area contributed by atoms with E-state index >= 15 is 0 Å². The van der Waals surface area contributed by atoms with E-state index in [1.54, 1.807) is 0 Å². The van der Waals surface area contributed by atoms with Gasteiger partial charge in [0, 0.05) is 17.5 Å². The van der Waals surface area contributed by atoms with Gasteiger partial charge in [-0.15, -0.1) is 11.3 Å². The van der Waals surface area contributed by atoms with Gasteiger partial charge in [-0.3, -0.25) is 0 Å². The monoisotopic (exact) mass is 267 g/mol. The first-order valence-corrected chi connectivity index (χ1v) is 6.25. The normalized spacial score (nSPS) is 21.4. The second-order valence-electron chi connectivity index (χ2n) is 3.83. The fourth-order valence-electron chi connectivity index (χ4n) is 1.89. The van der Waals surface area contributed by atoms with Gasteiger partial charge in [0.05, 0.1) is 4.34 Å². The summed E-state index contributed by atoms with van der Waals surface area (Å²) >= 11 is 7.41. The van der Waals surface area contributed by atoms with Crippen LogP contribution in [0.4, 0.5) is 8.78 Å².